The number of thioether (sulfide) groups is 1. The number of carbonyl (C=O) groups is 2. The number of rotatable bonds is 7. The van der Waals surface area contributed by atoms with Gasteiger partial charge in [-0.3, -0.25) is 9.59 Å². The summed E-state index contributed by atoms with van der Waals surface area (Å²) in [7, 11) is 1.59. The fourth-order valence-corrected chi connectivity index (χ4v) is 2.32. The lowest BCUT2D eigenvalue weighted by atomic mass is 10.3. The van der Waals surface area contributed by atoms with Crippen molar-refractivity contribution in [2.24, 2.45) is 0 Å². The summed E-state index contributed by atoms with van der Waals surface area (Å²) in [4.78, 5) is 23.2. The predicted octanol–water partition coefficient (Wildman–Crippen LogP) is 2.56. The molecule has 2 amide bonds. The zero-order chi connectivity index (χ0) is 17.4. The van der Waals surface area contributed by atoms with Crippen molar-refractivity contribution >= 4 is 35.1 Å². The lowest BCUT2D eigenvalue weighted by molar-refractivity contribution is -0.116. The number of anilines is 2. The zero-order valence-electron chi connectivity index (χ0n) is 13.4. The largest absolute Gasteiger partial charge is 0.497 e. The van der Waals surface area contributed by atoms with Crippen molar-refractivity contribution in [3.05, 3.63) is 36.4 Å². The molecule has 1 aromatic heterocycles. The molecule has 0 aliphatic carbocycles. The van der Waals surface area contributed by atoms with Crippen LogP contribution in [-0.4, -0.2) is 34.9 Å². The second-order valence-electron chi connectivity index (χ2n) is 4.72. The molecule has 2 aromatic rings. The van der Waals surface area contributed by atoms with Gasteiger partial charge in [0.15, 0.2) is 5.82 Å². The Morgan fingerprint density at radius 2 is 1.79 bits per heavy atom. The number of ether oxygens (including phenoxy) is 1. The Labute approximate surface area is 144 Å². The van der Waals surface area contributed by atoms with Gasteiger partial charge in [0, 0.05) is 12.1 Å². The van der Waals surface area contributed by atoms with Gasteiger partial charge >= 0.3 is 0 Å². The number of hydrogen-bond acceptors (Lipinski definition) is 6. The van der Waals surface area contributed by atoms with Crippen LogP contribution in [0.2, 0.25) is 0 Å². The second kappa shape index (κ2) is 8.88. The van der Waals surface area contributed by atoms with Crippen LogP contribution >= 0.6 is 11.8 Å². The highest BCUT2D eigenvalue weighted by Gasteiger charge is 2.06. The summed E-state index contributed by atoms with van der Waals surface area (Å²) < 4.78 is 5.06. The van der Waals surface area contributed by atoms with Gasteiger partial charge in [-0.15, -0.1) is 10.2 Å². The monoisotopic (exact) mass is 346 g/mol. The molecule has 0 saturated carbocycles. The van der Waals surface area contributed by atoms with E-state index in [0.29, 0.717) is 23.0 Å². The van der Waals surface area contributed by atoms with Crippen molar-refractivity contribution in [2.45, 2.75) is 18.4 Å². The van der Waals surface area contributed by atoms with Gasteiger partial charge in [0.05, 0.1) is 12.9 Å². The first-order valence-corrected chi connectivity index (χ1v) is 8.29. The van der Waals surface area contributed by atoms with Crippen LogP contribution in [0.25, 0.3) is 0 Å². The summed E-state index contributed by atoms with van der Waals surface area (Å²) >= 11 is 1.27. The summed E-state index contributed by atoms with van der Waals surface area (Å²) in [5.41, 5.74) is 0.699. The molecule has 0 radical (unpaired) electrons. The minimum Gasteiger partial charge on any atom is -0.497 e. The Kier molecular flexibility index (Phi) is 6.56. The van der Waals surface area contributed by atoms with Gasteiger partial charge < -0.3 is 15.4 Å². The molecule has 24 heavy (non-hydrogen) atoms. The molecule has 1 aromatic carbocycles. The number of benzene rings is 1. The maximum Gasteiger partial charge on any atom is 0.234 e. The maximum absolute atomic E-state index is 11.9. The van der Waals surface area contributed by atoms with Crippen LogP contribution in [0, 0.1) is 0 Å². The summed E-state index contributed by atoms with van der Waals surface area (Å²) in [6.07, 6.45) is 0.379. The van der Waals surface area contributed by atoms with Crippen molar-refractivity contribution in [3.8, 4) is 5.75 Å². The number of aromatic nitrogens is 2. The van der Waals surface area contributed by atoms with Crippen LogP contribution in [0.15, 0.2) is 41.4 Å². The minimum absolute atomic E-state index is 0.122. The van der Waals surface area contributed by atoms with E-state index >= 15 is 0 Å². The Hall–Kier alpha value is -2.61. The van der Waals surface area contributed by atoms with Gasteiger partial charge in [-0.2, -0.15) is 0 Å². The van der Waals surface area contributed by atoms with E-state index in [1.807, 2.05) is 0 Å². The van der Waals surface area contributed by atoms with E-state index in [9.17, 15) is 9.59 Å². The van der Waals surface area contributed by atoms with E-state index in [2.05, 4.69) is 20.8 Å². The van der Waals surface area contributed by atoms with Gasteiger partial charge in [-0.1, -0.05) is 18.7 Å². The second-order valence-corrected chi connectivity index (χ2v) is 5.72. The molecule has 0 fully saturated rings. The topological polar surface area (TPSA) is 93.2 Å². The van der Waals surface area contributed by atoms with Crippen molar-refractivity contribution in [3.63, 3.8) is 0 Å². The summed E-state index contributed by atoms with van der Waals surface area (Å²) in [5.74, 6) is 1.07. The standard InChI is InChI=1S/C16H18N4O3S/c1-3-14(21)18-13-8-9-16(20-19-13)24-10-15(22)17-11-4-6-12(23-2)7-5-11/h4-9H,3,10H2,1-2H3,(H,17,22)(H,18,19,21). The number of amides is 2. The van der Waals surface area contributed by atoms with Crippen molar-refractivity contribution in [2.75, 3.05) is 23.5 Å². The van der Waals surface area contributed by atoms with Gasteiger partial charge in [-0.25, -0.2) is 0 Å². The smallest absolute Gasteiger partial charge is 0.234 e. The molecule has 0 saturated heterocycles. The first-order chi connectivity index (χ1) is 11.6. The number of nitrogens with zero attached hydrogens (tertiary/aromatic N) is 2. The van der Waals surface area contributed by atoms with Crippen LogP contribution in [0.4, 0.5) is 11.5 Å². The normalized spacial score (nSPS) is 10.1. The molecule has 8 heteroatoms. The lowest BCUT2D eigenvalue weighted by Gasteiger charge is -2.06. The number of hydrogen-bond donors (Lipinski definition) is 2. The first-order valence-electron chi connectivity index (χ1n) is 7.31. The van der Waals surface area contributed by atoms with Crippen molar-refractivity contribution < 1.29 is 14.3 Å². The first kappa shape index (κ1) is 17.7. The number of nitrogens with one attached hydrogen (secondary N) is 2. The summed E-state index contributed by atoms with van der Waals surface area (Å²) in [6, 6.07) is 10.5. The zero-order valence-corrected chi connectivity index (χ0v) is 14.2. The molecular formula is C16H18N4O3S. The summed E-state index contributed by atoms with van der Waals surface area (Å²) in [5, 5.41) is 13.9. The average Bonchev–Trinajstić information content (AvgIpc) is 2.61. The van der Waals surface area contributed by atoms with E-state index < -0.39 is 0 Å². The van der Waals surface area contributed by atoms with Crippen LogP contribution in [0.5, 0.6) is 5.75 Å². The highest BCUT2D eigenvalue weighted by atomic mass is 32.2. The van der Waals surface area contributed by atoms with Crippen molar-refractivity contribution in [1.82, 2.24) is 10.2 Å². The number of methoxy groups -OCH3 is 1. The molecule has 126 valence electrons. The third-order valence-corrected chi connectivity index (χ3v) is 3.87. The third-order valence-electron chi connectivity index (χ3n) is 2.95. The van der Waals surface area contributed by atoms with Gasteiger partial charge in [0.2, 0.25) is 11.8 Å². The van der Waals surface area contributed by atoms with E-state index in [0.717, 1.165) is 5.75 Å². The Bertz CT molecular complexity index is 689. The highest BCUT2D eigenvalue weighted by molar-refractivity contribution is 7.99. The highest BCUT2D eigenvalue weighted by Crippen LogP contribution is 2.18. The van der Waals surface area contributed by atoms with Crippen LogP contribution in [0.3, 0.4) is 0 Å². The predicted molar refractivity (Wildman–Crippen MR) is 93.3 cm³/mol. The molecule has 0 bridgehead atoms. The SMILES string of the molecule is CCC(=O)Nc1ccc(SCC(=O)Nc2ccc(OC)cc2)nn1. The molecular weight excluding hydrogens is 328 g/mol. The Balaban J connectivity index is 1.81. The van der Waals surface area contributed by atoms with Gasteiger partial charge in [0.1, 0.15) is 10.8 Å². The van der Waals surface area contributed by atoms with E-state index in [1.165, 1.54) is 11.8 Å². The molecule has 0 spiro atoms. The average molecular weight is 346 g/mol. The molecule has 2 N–H and O–H groups in total. The minimum atomic E-state index is -0.143. The fraction of sp³-hybridized carbons (Fsp3) is 0.250. The Morgan fingerprint density at radius 1 is 1.04 bits per heavy atom. The molecule has 0 atom stereocenters. The third kappa shape index (κ3) is 5.54. The van der Waals surface area contributed by atoms with E-state index in [1.54, 1.807) is 50.4 Å². The van der Waals surface area contributed by atoms with E-state index in [4.69, 9.17) is 4.74 Å². The van der Waals surface area contributed by atoms with Crippen molar-refractivity contribution in [1.29, 1.82) is 0 Å². The maximum atomic E-state index is 11.9. The van der Waals surface area contributed by atoms with Gasteiger partial charge in [-0.05, 0) is 36.4 Å². The van der Waals surface area contributed by atoms with Crippen LogP contribution in [-0.2, 0) is 9.59 Å². The van der Waals surface area contributed by atoms with Crippen LogP contribution < -0.4 is 15.4 Å². The lowest BCUT2D eigenvalue weighted by Crippen LogP contribution is -2.14. The quantitative estimate of drug-likeness (QED) is 0.749. The van der Waals surface area contributed by atoms with E-state index in [-0.39, 0.29) is 17.6 Å². The van der Waals surface area contributed by atoms with Gasteiger partial charge in [0.25, 0.3) is 0 Å². The summed E-state index contributed by atoms with van der Waals surface area (Å²) in [6.45, 7) is 1.76. The van der Waals surface area contributed by atoms with Crippen LogP contribution in [0.1, 0.15) is 13.3 Å². The fourth-order valence-electron chi connectivity index (χ4n) is 1.71. The molecule has 1 heterocycles. The molecule has 2 rings (SSSR count). The Morgan fingerprint density at radius 3 is 2.38 bits per heavy atom. The molecule has 0 aliphatic heterocycles. The number of carbonyl (C=O) groups excluding carboxylic acids is 2. The molecule has 7 nitrogen and oxygen atoms in total. The molecule has 0 aliphatic rings. The molecule has 0 unspecified atom stereocenters.